The first-order valence-electron chi connectivity index (χ1n) is 26.7. The zero-order chi connectivity index (χ0) is 44.0. The van der Waals surface area contributed by atoms with Crippen LogP contribution >= 0.6 is 11.6 Å². The Morgan fingerprint density at radius 3 is 1.74 bits per heavy atom. The van der Waals surface area contributed by atoms with Crippen LogP contribution in [0.3, 0.4) is 0 Å². The Kier molecular flexibility index (Phi) is 13.3. The van der Waals surface area contributed by atoms with Crippen molar-refractivity contribution < 1.29 is 19.7 Å². The van der Waals surface area contributed by atoms with E-state index in [1.807, 2.05) is 0 Å². The molecule has 3 N–H and O–H groups in total. The molecular formula is C58H93ClN2O4. The number of allylic oxidation sites excluding steroid dienone is 4. The summed E-state index contributed by atoms with van der Waals surface area (Å²) in [6.45, 7) is 22.9. The van der Waals surface area contributed by atoms with Crippen molar-refractivity contribution in [3.05, 3.63) is 45.6 Å². The molecule has 20 atom stereocenters. The van der Waals surface area contributed by atoms with Gasteiger partial charge >= 0.3 is 0 Å². The smallest absolute Gasteiger partial charge is 0.0937 e. The lowest BCUT2D eigenvalue weighted by molar-refractivity contribution is -0.0643. The van der Waals surface area contributed by atoms with Crippen molar-refractivity contribution in [3.63, 3.8) is 0 Å². The number of likely N-dealkylation sites (tertiary alicyclic amines) is 1. The van der Waals surface area contributed by atoms with Crippen LogP contribution in [0.1, 0.15) is 173 Å². The van der Waals surface area contributed by atoms with E-state index in [0.717, 1.165) is 86.6 Å². The Bertz CT molecular complexity index is 1940. The molecule has 65 heavy (non-hydrogen) atoms. The number of hydrogen-bond acceptors (Lipinski definition) is 6. The van der Waals surface area contributed by atoms with Gasteiger partial charge in [-0.15, -0.1) is 11.6 Å². The van der Waals surface area contributed by atoms with Crippen LogP contribution in [0.15, 0.2) is 45.6 Å². The molecule has 2 spiro atoms. The fraction of sp³-hybridized carbons (Fsp3) is 0.862. The first-order chi connectivity index (χ1) is 30.1. The summed E-state index contributed by atoms with van der Waals surface area (Å²) in [5, 5.41) is 24.4. The molecule has 4 aliphatic heterocycles. The Labute approximate surface area is 401 Å². The molecule has 6 nitrogen and oxygen atoms in total. The van der Waals surface area contributed by atoms with Gasteiger partial charge in [-0.1, -0.05) is 90.8 Å². The summed E-state index contributed by atoms with van der Waals surface area (Å²) < 4.78 is 14.2. The minimum absolute atomic E-state index is 0. The molecule has 366 valence electrons. The second kappa shape index (κ2) is 17.7. The van der Waals surface area contributed by atoms with E-state index in [1.165, 1.54) is 77.2 Å². The standard InChI is InChI=1S/C29H44ClNO2.C27H41NO2.2CH4/c1-17-13-26-27(31(16-17)12-11-30)19(3)29(33-26)10-8-22-23-6-5-20-14-21(32)7-9-28(20,4)25(23)15-24(22)18(29)2;1-15-11-24-25(28-14-15)17(3)27(30-24)10-8-20-21-6-5-18-12-19(29)7-9-26(18,4)23(21)13-22(20)16(27)2;;/h5,17,19,21-23,25-27,32H,6-16H2,1-4H3;5,15,17,19-21,23-25,28-29H,6-14H2,1-4H3;2*1H4/t17-,19+,21-,22-,23?,25-,26+,27-,28-,29-;15-,17+,19-,20-,21?,23-,24+,25-,26-,27-;;/m00../s1. The molecule has 12 aliphatic rings. The average molecular weight is 918 g/mol. The number of aliphatic hydroxyl groups excluding tert-OH is 2. The van der Waals surface area contributed by atoms with Crippen LogP contribution in [-0.4, -0.2) is 88.3 Å². The summed E-state index contributed by atoms with van der Waals surface area (Å²) in [5.74, 6) is 7.86. The summed E-state index contributed by atoms with van der Waals surface area (Å²) in [5.41, 5.74) is 10.4. The third-order valence-corrected chi connectivity index (χ3v) is 22.5. The van der Waals surface area contributed by atoms with Gasteiger partial charge in [0.05, 0.1) is 35.6 Å². The normalized spacial score (nSPS) is 51.7. The van der Waals surface area contributed by atoms with E-state index in [2.05, 4.69) is 77.8 Å². The summed E-state index contributed by atoms with van der Waals surface area (Å²) in [6, 6.07) is 1.05. The molecule has 7 heteroatoms. The Morgan fingerprint density at radius 1 is 0.692 bits per heavy atom. The molecule has 0 aromatic rings. The number of piperidine rings is 2. The molecule has 0 amide bonds. The molecule has 4 saturated carbocycles. The fourth-order valence-corrected chi connectivity index (χ4v) is 19.1. The van der Waals surface area contributed by atoms with Gasteiger partial charge in [0.2, 0.25) is 0 Å². The van der Waals surface area contributed by atoms with Crippen molar-refractivity contribution >= 4 is 11.6 Å². The predicted molar refractivity (Wildman–Crippen MR) is 268 cm³/mol. The minimum atomic E-state index is -0.122. The maximum atomic E-state index is 10.3. The average Bonchev–Trinajstić information content (AvgIpc) is 3.98. The summed E-state index contributed by atoms with van der Waals surface area (Å²) in [4.78, 5) is 2.66. The van der Waals surface area contributed by atoms with E-state index in [9.17, 15) is 10.2 Å². The Hall–Kier alpha value is -0.990. The number of alkyl halides is 1. The van der Waals surface area contributed by atoms with Crippen LogP contribution in [0.25, 0.3) is 0 Å². The van der Waals surface area contributed by atoms with Gasteiger partial charge in [-0.2, -0.15) is 0 Å². The van der Waals surface area contributed by atoms with Crippen LogP contribution in [-0.2, 0) is 9.47 Å². The highest BCUT2D eigenvalue weighted by molar-refractivity contribution is 6.18. The molecule has 0 aromatic carbocycles. The van der Waals surface area contributed by atoms with E-state index < -0.39 is 0 Å². The summed E-state index contributed by atoms with van der Waals surface area (Å²) in [7, 11) is 0. The van der Waals surface area contributed by atoms with Gasteiger partial charge in [0.25, 0.3) is 0 Å². The van der Waals surface area contributed by atoms with E-state index in [1.54, 1.807) is 33.4 Å². The fourth-order valence-electron chi connectivity index (χ4n) is 18.9. The van der Waals surface area contributed by atoms with Gasteiger partial charge < -0.3 is 25.0 Å². The van der Waals surface area contributed by atoms with Crippen LogP contribution in [0.4, 0.5) is 0 Å². The van der Waals surface area contributed by atoms with Gasteiger partial charge in [0.1, 0.15) is 0 Å². The minimum Gasteiger partial charge on any atom is -0.393 e. The summed E-state index contributed by atoms with van der Waals surface area (Å²) >= 11 is 6.24. The number of ether oxygens (including phenoxy) is 2. The van der Waals surface area contributed by atoms with Gasteiger partial charge in [0, 0.05) is 42.9 Å². The molecule has 4 saturated heterocycles. The third-order valence-electron chi connectivity index (χ3n) is 22.3. The van der Waals surface area contributed by atoms with Gasteiger partial charge in [-0.05, 0) is 192 Å². The number of hydrogen-bond donors (Lipinski definition) is 3. The van der Waals surface area contributed by atoms with Crippen LogP contribution in [0.5, 0.6) is 0 Å². The van der Waals surface area contributed by atoms with E-state index in [0.29, 0.717) is 58.8 Å². The maximum Gasteiger partial charge on any atom is 0.0937 e. The largest absolute Gasteiger partial charge is 0.393 e. The molecule has 12 rings (SSSR count). The highest BCUT2D eigenvalue weighted by Gasteiger charge is 2.63. The lowest BCUT2D eigenvalue weighted by Gasteiger charge is -2.49. The Balaban J connectivity index is 0.000000160. The van der Waals surface area contributed by atoms with Crippen molar-refractivity contribution in [2.24, 2.45) is 70.0 Å². The van der Waals surface area contributed by atoms with Crippen molar-refractivity contribution in [2.45, 2.75) is 221 Å². The van der Waals surface area contributed by atoms with E-state index in [4.69, 9.17) is 21.1 Å². The van der Waals surface area contributed by atoms with Crippen molar-refractivity contribution in [3.8, 4) is 0 Å². The van der Waals surface area contributed by atoms with Crippen LogP contribution in [0, 0.1) is 70.0 Å². The van der Waals surface area contributed by atoms with Crippen molar-refractivity contribution in [2.75, 3.05) is 25.5 Å². The van der Waals surface area contributed by atoms with Crippen LogP contribution in [0.2, 0.25) is 0 Å². The first-order valence-corrected chi connectivity index (χ1v) is 27.2. The van der Waals surface area contributed by atoms with Crippen molar-refractivity contribution in [1.29, 1.82) is 0 Å². The first kappa shape index (κ1) is 49.0. The van der Waals surface area contributed by atoms with E-state index >= 15 is 0 Å². The molecule has 4 heterocycles. The summed E-state index contributed by atoms with van der Waals surface area (Å²) in [6.07, 6.45) is 24.1. The number of fused-ring (bicyclic) bond motifs is 12. The number of halogens is 1. The number of aliphatic hydroxyl groups is 2. The number of rotatable bonds is 2. The number of nitrogens with one attached hydrogen (secondary N) is 1. The monoisotopic (exact) mass is 917 g/mol. The molecule has 2 unspecified atom stereocenters. The molecule has 0 aromatic heterocycles. The van der Waals surface area contributed by atoms with Gasteiger partial charge in [-0.25, -0.2) is 0 Å². The lowest BCUT2D eigenvalue weighted by Crippen LogP contribution is -2.52. The Morgan fingerprint density at radius 2 is 1.20 bits per heavy atom. The zero-order valence-electron chi connectivity index (χ0n) is 40.6. The predicted octanol–water partition coefficient (Wildman–Crippen LogP) is 12.2. The van der Waals surface area contributed by atoms with Crippen LogP contribution < -0.4 is 5.32 Å². The van der Waals surface area contributed by atoms with E-state index in [-0.39, 0.29) is 38.3 Å². The van der Waals surface area contributed by atoms with Gasteiger partial charge in [0.15, 0.2) is 0 Å². The zero-order valence-corrected chi connectivity index (χ0v) is 41.3. The molecule has 0 bridgehead atoms. The SMILES string of the molecule is C.C.CC1=C2C[C@H]3C(CC=C4C[C@@H](O)CC[C@@]43C)[C@@H]2CC[C@]12O[C@@H]1C[C@H](C)CN(CCCl)[C@H]1[C@H]2C.CC1=C2C[C@H]3C(CC=C4C[C@@H](O)CC[C@@]43C)[C@@H]2CC[C@]12O[C@@H]1C[C@H](C)CN[C@H]1[C@H]2C. The third kappa shape index (κ3) is 7.32. The highest BCUT2D eigenvalue weighted by atomic mass is 35.5. The second-order valence-electron chi connectivity index (χ2n) is 25.1. The molecule has 8 aliphatic carbocycles. The number of nitrogens with zero attached hydrogens (tertiary/aromatic N) is 1. The molecule has 0 radical (unpaired) electrons. The second-order valence-corrected chi connectivity index (χ2v) is 25.4. The molecule has 8 fully saturated rings. The topological polar surface area (TPSA) is 74.2 Å². The van der Waals surface area contributed by atoms with Gasteiger partial charge in [-0.3, -0.25) is 4.90 Å². The quantitative estimate of drug-likeness (QED) is 0.189. The van der Waals surface area contributed by atoms with Crippen molar-refractivity contribution in [1.82, 2.24) is 10.2 Å². The lowest BCUT2D eigenvalue weighted by atomic mass is 9.56. The highest BCUT2D eigenvalue weighted by Crippen LogP contribution is 2.67. The maximum absolute atomic E-state index is 10.3. The molecular weight excluding hydrogens is 824 g/mol.